The number of benzene rings is 6. The zero-order chi connectivity index (χ0) is 28.3. The van der Waals surface area contributed by atoms with E-state index in [1.807, 2.05) is 18.2 Å². The maximum atomic E-state index is 4.27. The van der Waals surface area contributed by atoms with E-state index in [0.29, 0.717) is 0 Å². The molecular formula is C41H32. The second-order valence-corrected chi connectivity index (χ2v) is 10.1. The van der Waals surface area contributed by atoms with Crippen molar-refractivity contribution < 1.29 is 0 Å². The molecule has 0 aliphatic carbocycles. The van der Waals surface area contributed by atoms with E-state index in [2.05, 4.69) is 148 Å². The van der Waals surface area contributed by atoms with Gasteiger partial charge in [-0.25, -0.2) is 0 Å². The first-order chi connectivity index (χ1) is 20.2. The van der Waals surface area contributed by atoms with Crippen molar-refractivity contribution in [1.29, 1.82) is 0 Å². The van der Waals surface area contributed by atoms with Crippen LogP contribution in [0.25, 0.3) is 72.7 Å². The standard InChI is InChI=1S/C41H32/c1-5-28(6-2)35-25-23-31-27-32(24-26-36(31)40(35)30-19-13-10-14-20-30)41-34(8-4)33(7-3)39(29-17-11-9-12-18-29)37-21-15-16-22-38(37)41/h5-27H,1,3-4H2,2H3/b28-6+. The van der Waals surface area contributed by atoms with E-state index in [9.17, 15) is 0 Å². The molecule has 0 saturated carbocycles. The normalized spacial score (nSPS) is 11.5. The molecule has 0 atom stereocenters. The third-order valence-corrected chi connectivity index (χ3v) is 7.98. The zero-order valence-electron chi connectivity index (χ0n) is 23.4. The fourth-order valence-corrected chi connectivity index (χ4v) is 6.15. The van der Waals surface area contributed by atoms with Gasteiger partial charge in [0.15, 0.2) is 0 Å². The summed E-state index contributed by atoms with van der Waals surface area (Å²) in [4.78, 5) is 0. The Bertz CT molecular complexity index is 1970. The lowest BCUT2D eigenvalue weighted by atomic mass is 9.82. The van der Waals surface area contributed by atoms with E-state index >= 15 is 0 Å². The van der Waals surface area contributed by atoms with Gasteiger partial charge in [0, 0.05) is 0 Å². The lowest BCUT2D eigenvalue weighted by Gasteiger charge is -2.21. The van der Waals surface area contributed by atoms with Gasteiger partial charge in [-0.2, -0.15) is 0 Å². The predicted molar refractivity (Wildman–Crippen MR) is 182 cm³/mol. The summed E-state index contributed by atoms with van der Waals surface area (Å²) >= 11 is 0. The van der Waals surface area contributed by atoms with Gasteiger partial charge in [0.2, 0.25) is 0 Å². The quantitative estimate of drug-likeness (QED) is 0.182. The van der Waals surface area contributed by atoms with Crippen LogP contribution in [0.4, 0.5) is 0 Å². The summed E-state index contributed by atoms with van der Waals surface area (Å²) in [7, 11) is 0. The molecule has 6 aromatic carbocycles. The van der Waals surface area contributed by atoms with Crippen LogP contribution in [0.15, 0.2) is 147 Å². The minimum absolute atomic E-state index is 1.10. The number of rotatable bonds is 7. The Morgan fingerprint density at radius 3 is 1.59 bits per heavy atom. The highest BCUT2D eigenvalue weighted by molar-refractivity contribution is 6.13. The molecule has 0 nitrogen and oxygen atoms in total. The second kappa shape index (κ2) is 11.1. The van der Waals surface area contributed by atoms with Crippen molar-refractivity contribution >= 4 is 39.3 Å². The van der Waals surface area contributed by atoms with Gasteiger partial charge in [0.05, 0.1) is 0 Å². The summed E-state index contributed by atoms with van der Waals surface area (Å²) in [5.41, 5.74) is 11.6. The smallest absolute Gasteiger partial charge is 0.00264 e. The van der Waals surface area contributed by atoms with E-state index in [4.69, 9.17) is 0 Å². The Morgan fingerprint density at radius 2 is 1.05 bits per heavy atom. The van der Waals surface area contributed by atoms with Crippen LogP contribution in [0, 0.1) is 0 Å². The molecule has 0 fully saturated rings. The third kappa shape index (κ3) is 4.44. The molecule has 0 radical (unpaired) electrons. The molecule has 6 rings (SSSR count). The van der Waals surface area contributed by atoms with Crippen LogP contribution in [0.5, 0.6) is 0 Å². The second-order valence-electron chi connectivity index (χ2n) is 10.1. The maximum Gasteiger partial charge on any atom is -0.00264 e. The summed E-state index contributed by atoms with van der Waals surface area (Å²) < 4.78 is 0. The van der Waals surface area contributed by atoms with Crippen LogP contribution >= 0.6 is 0 Å². The van der Waals surface area contributed by atoms with E-state index in [-0.39, 0.29) is 0 Å². The molecule has 0 N–H and O–H groups in total. The van der Waals surface area contributed by atoms with E-state index in [1.165, 1.54) is 54.9 Å². The minimum Gasteiger partial charge on any atom is -0.0985 e. The van der Waals surface area contributed by atoms with Gasteiger partial charge < -0.3 is 0 Å². The predicted octanol–water partition coefficient (Wildman–Crippen LogP) is 11.9. The summed E-state index contributed by atoms with van der Waals surface area (Å²) in [6, 6.07) is 41.2. The van der Waals surface area contributed by atoms with Crippen molar-refractivity contribution in [2.24, 2.45) is 0 Å². The fraction of sp³-hybridized carbons (Fsp3) is 0.0244. The van der Waals surface area contributed by atoms with Crippen molar-refractivity contribution in [3.8, 4) is 33.4 Å². The molecule has 0 aromatic heterocycles. The molecule has 0 bridgehead atoms. The molecule has 0 aliphatic rings. The van der Waals surface area contributed by atoms with Gasteiger partial charge in [-0.15, -0.1) is 0 Å². The van der Waals surface area contributed by atoms with Crippen molar-refractivity contribution in [3.05, 3.63) is 164 Å². The van der Waals surface area contributed by atoms with Crippen molar-refractivity contribution in [2.45, 2.75) is 6.92 Å². The van der Waals surface area contributed by atoms with Crippen molar-refractivity contribution in [1.82, 2.24) is 0 Å². The summed E-state index contributed by atoms with van der Waals surface area (Å²) in [5.74, 6) is 0. The van der Waals surface area contributed by atoms with Gasteiger partial charge >= 0.3 is 0 Å². The van der Waals surface area contributed by atoms with Gasteiger partial charge in [-0.05, 0) is 90.2 Å². The Kier molecular flexibility index (Phi) is 7.06. The maximum absolute atomic E-state index is 4.27. The minimum atomic E-state index is 1.10. The Hall–Kier alpha value is -5.20. The lowest BCUT2D eigenvalue weighted by Crippen LogP contribution is -1.96. The molecule has 0 saturated heterocycles. The average molecular weight is 525 g/mol. The van der Waals surface area contributed by atoms with E-state index in [0.717, 1.165) is 22.3 Å². The van der Waals surface area contributed by atoms with Crippen LogP contribution in [-0.2, 0) is 0 Å². The van der Waals surface area contributed by atoms with Gasteiger partial charge in [-0.1, -0.05) is 153 Å². The zero-order valence-corrected chi connectivity index (χ0v) is 23.4. The molecule has 0 spiro atoms. The Morgan fingerprint density at radius 1 is 0.512 bits per heavy atom. The number of allylic oxidation sites excluding steroid dienone is 3. The molecule has 0 amide bonds. The molecule has 0 aliphatic heterocycles. The highest BCUT2D eigenvalue weighted by Crippen LogP contribution is 2.44. The van der Waals surface area contributed by atoms with E-state index < -0.39 is 0 Å². The monoisotopic (exact) mass is 524 g/mol. The third-order valence-electron chi connectivity index (χ3n) is 7.98. The first-order valence-electron chi connectivity index (χ1n) is 14.0. The average Bonchev–Trinajstić information content (AvgIpc) is 3.04. The molecule has 0 unspecified atom stereocenters. The SMILES string of the molecule is C=C/C(=C\C)c1ccc2cc(-c3c(C=C)c(C=C)c(-c4ccccc4)c4ccccc34)ccc2c1-c1ccccc1. The van der Waals surface area contributed by atoms with Crippen LogP contribution in [0.2, 0.25) is 0 Å². The molecule has 0 heterocycles. The number of hydrogen-bond donors (Lipinski definition) is 0. The summed E-state index contributed by atoms with van der Waals surface area (Å²) in [5, 5.41) is 4.82. The van der Waals surface area contributed by atoms with Crippen LogP contribution in [0.3, 0.4) is 0 Å². The highest BCUT2D eigenvalue weighted by Gasteiger charge is 2.19. The van der Waals surface area contributed by atoms with Crippen molar-refractivity contribution in [2.75, 3.05) is 0 Å². The largest absolute Gasteiger partial charge is 0.0985 e. The van der Waals surface area contributed by atoms with Crippen LogP contribution < -0.4 is 0 Å². The molecule has 41 heavy (non-hydrogen) atoms. The molecule has 6 aromatic rings. The topological polar surface area (TPSA) is 0 Å². The first kappa shape index (κ1) is 26.0. The number of hydrogen-bond acceptors (Lipinski definition) is 0. The molecule has 196 valence electrons. The van der Waals surface area contributed by atoms with Gasteiger partial charge in [0.1, 0.15) is 0 Å². The van der Waals surface area contributed by atoms with Gasteiger partial charge in [-0.3, -0.25) is 0 Å². The summed E-state index contributed by atoms with van der Waals surface area (Å²) in [6.45, 7) is 14.7. The highest BCUT2D eigenvalue weighted by atomic mass is 14.2. The van der Waals surface area contributed by atoms with Crippen molar-refractivity contribution in [3.63, 3.8) is 0 Å². The number of fused-ring (bicyclic) bond motifs is 2. The molecular weight excluding hydrogens is 492 g/mol. The molecule has 0 heteroatoms. The Balaban J connectivity index is 1.68. The van der Waals surface area contributed by atoms with Crippen LogP contribution in [-0.4, -0.2) is 0 Å². The van der Waals surface area contributed by atoms with Gasteiger partial charge in [0.25, 0.3) is 0 Å². The first-order valence-corrected chi connectivity index (χ1v) is 14.0. The summed E-state index contributed by atoms with van der Waals surface area (Å²) in [6.07, 6.45) is 8.03. The van der Waals surface area contributed by atoms with Crippen LogP contribution in [0.1, 0.15) is 23.6 Å². The lowest BCUT2D eigenvalue weighted by molar-refractivity contribution is 1.57. The van der Waals surface area contributed by atoms with E-state index in [1.54, 1.807) is 0 Å². The Labute approximate surface area is 242 Å². The fourth-order valence-electron chi connectivity index (χ4n) is 6.15.